The summed E-state index contributed by atoms with van der Waals surface area (Å²) in [5, 5.41) is 28.9. The Bertz CT molecular complexity index is 9300. The highest BCUT2D eigenvalue weighted by atomic mass is 14.7. The molecule has 6 nitrogen and oxygen atoms in total. The molecule has 28 rings (SSSR count). The second-order valence-electron chi connectivity index (χ2n) is 37.7. The largest absolute Gasteiger partial charge is 0.256 e. The molecule has 0 fully saturated rings. The molecular formula is C139H88N6. The molecular weight excluding hydrogens is 1750 g/mol. The lowest BCUT2D eigenvalue weighted by Gasteiger charge is -2.34. The second kappa shape index (κ2) is 35.9. The van der Waals surface area contributed by atoms with Gasteiger partial charge in [0.2, 0.25) is 0 Å². The molecule has 0 saturated heterocycles. The first-order chi connectivity index (χ1) is 71.8. The average Bonchev–Trinajstić information content (AvgIpc) is 1.54. The van der Waals surface area contributed by atoms with Gasteiger partial charge < -0.3 is 0 Å². The van der Waals surface area contributed by atoms with Crippen molar-refractivity contribution in [3.05, 3.63) is 612 Å². The van der Waals surface area contributed by atoms with Crippen molar-refractivity contribution in [2.75, 3.05) is 0 Å². The van der Waals surface area contributed by atoms with Crippen LogP contribution < -0.4 is 0 Å². The van der Waals surface area contributed by atoms with Gasteiger partial charge in [0.25, 0.3) is 0 Å². The molecule has 674 valence electrons. The van der Waals surface area contributed by atoms with Crippen molar-refractivity contribution in [2.45, 2.75) is 16.2 Å². The van der Waals surface area contributed by atoms with E-state index in [1.165, 1.54) is 116 Å². The smallest absolute Gasteiger partial charge is 0.0991 e. The van der Waals surface area contributed by atoms with Crippen LogP contribution in [0.1, 0.15) is 77.9 Å². The van der Waals surface area contributed by atoms with E-state index in [2.05, 4.69) is 478 Å². The minimum Gasteiger partial charge on any atom is -0.256 e. The zero-order valence-electron chi connectivity index (χ0n) is 79.0. The van der Waals surface area contributed by atoms with E-state index in [9.17, 15) is 5.26 Å². The summed E-state index contributed by atoms with van der Waals surface area (Å²) in [6, 6.07) is 193. The Morgan fingerprint density at radius 2 is 0.393 bits per heavy atom. The van der Waals surface area contributed by atoms with Crippen molar-refractivity contribution in [2.24, 2.45) is 0 Å². The molecule has 3 aliphatic rings. The van der Waals surface area contributed by atoms with Gasteiger partial charge >= 0.3 is 0 Å². The molecule has 0 spiro atoms. The van der Waals surface area contributed by atoms with Gasteiger partial charge in [-0.05, 0) is 241 Å². The Morgan fingerprint density at radius 1 is 0.166 bits per heavy atom. The molecule has 4 heterocycles. The van der Waals surface area contributed by atoms with Crippen LogP contribution in [0.2, 0.25) is 0 Å². The van der Waals surface area contributed by atoms with Crippen molar-refractivity contribution in [1.82, 2.24) is 19.9 Å². The predicted molar refractivity (Wildman–Crippen MR) is 595 cm³/mol. The normalized spacial score (nSPS) is 12.8. The van der Waals surface area contributed by atoms with Crippen molar-refractivity contribution in [3.63, 3.8) is 0 Å². The fourth-order valence-electron chi connectivity index (χ4n) is 23.6. The van der Waals surface area contributed by atoms with Crippen molar-refractivity contribution in [3.8, 4) is 124 Å². The maximum Gasteiger partial charge on any atom is 0.0991 e. The van der Waals surface area contributed by atoms with Gasteiger partial charge in [-0.3, -0.25) is 4.98 Å². The van der Waals surface area contributed by atoms with Gasteiger partial charge in [0, 0.05) is 60.8 Å². The summed E-state index contributed by atoms with van der Waals surface area (Å²) >= 11 is 0. The SMILES string of the molecule is N#Cc1ccc(-c2ccc(-c3ccc(-c4nc5ccccc5c5cc6c(cc45)-c4ccccc4C6(c4ccccc4)c4ccccc4)cc3)cc2)cc1.N#Cc1ccc(-c2ccc(-c3nc4ccccc4c4cc5c(cc34)-c3ccccc3C5(c3ccccc3)c3ccccc3)cc2)cc1.c1ccc(C2(c3ccccc3)c3ccccc3-c3cc4c(-c5ccc(-c6ccccn6)cc5)nc5ccccc5c4cc32)cc1. The molecule has 6 heteroatoms. The molecule has 0 unspecified atom stereocenters. The minimum atomic E-state index is -0.468. The zero-order valence-corrected chi connectivity index (χ0v) is 79.0. The van der Waals surface area contributed by atoms with Gasteiger partial charge in [-0.2, -0.15) is 10.5 Å². The van der Waals surface area contributed by atoms with Crippen LogP contribution in [0.25, 0.3) is 177 Å². The summed E-state index contributed by atoms with van der Waals surface area (Å²) in [7, 11) is 0. The van der Waals surface area contributed by atoms with Gasteiger partial charge in [-0.1, -0.05) is 437 Å². The van der Waals surface area contributed by atoms with Gasteiger partial charge in [-0.25, -0.2) is 15.0 Å². The quantitative estimate of drug-likeness (QED) is 0.107. The molecule has 0 amide bonds. The second-order valence-corrected chi connectivity index (χ2v) is 37.7. The third kappa shape index (κ3) is 14.3. The molecule has 0 radical (unpaired) electrons. The first kappa shape index (κ1) is 86.1. The van der Waals surface area contributed by atoms with Crippen LogP contribution in [-0.2, 0) is 16.2 Å². The molecule has 0 bridgehead atoms. The van der Waals surface area contributed by atoms with Crippen LogP contribution in [0.15, 0.2) is 534 Å². The number of para-hydroxylation sites is 3. The molecule has 25 aromatic rings. The molecule has 0 N–H and O–H groups in total. The van der Waals surface area contributed by atoms with E-state index >= 15 is 0 Å². The average molecular weight is 1840 g/mol. The monoisotopic (exact) mass is 1840 g/mol. The van der Waals surface area contributed by atoms with E-state index in [1.807, 2.05) is 72.9 Å². The number of nitriles is 2. The molecule has 4 aromatic heterocycles. The highest BCUT2D eigenvalue weighted by molar-refractivity contribution is 6.17. The highest BCUT2D eigenvalue weighted by Gasteiger charge is 2.50. The Morgan fingerprint density at radius 3 is 0.655 bits per heavy atom. The number of fused-ring (bicyclic) bond motifs is 18. The van der Waals surface area contributed by atoms with Crippen molar-refractivity contribution < 1.29 is 0 Å². The van der Waals surface area contributed by atoms with E-state index in [0.717, 1.165) is 127 Å². The first-order valence-electron chi connectivity index (χ1n) is 49.4. The highest BCUT2D eigenvalue weighted by Crippen LogP contribution is 2.62. The van der Waals surface area contributed by atoms with Crippen LogP contribution in [0.4, 0.5) is 0 Å². The van der Waals surface area contributed by atoms with E-state index in [0.29, 0.717) is 11.1 Å². The van der Waals surface area contributed by atoms with Crippen LogP contribution in [-0.4, -0.2) is 19.9 Å². The van der Waals surface area contributed by atoms with Gasteiger partial charge in [-0.15, -0.1) is 0 Å². The number of aromatic nitrogens is 4. The maximum absolute atomic E-state index is 9.22. The number of hydrogen-bond acceptors (Lipinski definition) is 6. The molecule has 145 heavy (non-hydrogen) atoms. The van der Waals surface area contributed by atoms with E-state index in [1.54, 1.807) is 0 Å². The summed E-state index contributed by atoms with van der Waals surface area (Å²) in [5.41, 5.74) is 40.8. The Balaban J connectivity index is 0.000000111. The maximum atomic E-state index is 9.22. The van der Waals surface area contributed by atoms with Gasteiger partial charge in [0.05, 0.1) is 78.8 Å². The molecule has 0 saturated carbocycles. The van der Waals surface area contributed by atoms with Crippen LogP contribution >= 0.6 is 0 Å². The summed E-state index contributed by atoms with van der Waals surface area (Å²) in [5.74, 6) is 0. The fourth-order valence-corrected chi connectivity index (χ4v) is 23.6. The number of benzene rings is 21. The van der Waals surface area contributed by atoms with E-state index in [4.69, 9.17) is 20.2 Å². The lowest BCUT2D eigenvalue weighted by atomic mass is 9.67. The summed E-state index contributed by atoms with van der Waals surface area (Å²) in [4.78, 5) is 20.5. The van der Waals surface area contributed by atoms with Crippen LogP contribution in [0.5, 0.6) is 0 Å². The number of hydrogen-bond donors (Lipinski definition) is 0. The fraction of sp³-hybridized carbons (Fsp3) is 0.0216. The molecule has 3 aliphatic carbocycles. The van der Waals surface area contributed by atoms with E-state index in [-0.39, 0.29) is 0 Å². The van der Waals surface area contributed by atoms with E-state index < -0.39 is 16.2 Å². The number of nitrogens with zero attached hydrogens (tertiary/aromatic N) is 6. The molecule has 0 atom stereocenters. The number of rotatable bonds is 13. The third-order valence-electron chi connectivity index (χ3n) is 30.2. The van der Waals surface area contributed by atoms with Crippen molar-refractivity contribution in [1.29, 1.82) is 10.5 Å². The zero-order chi connectivity index (χ0) is 96.5. The topological polar surface area (TPSA) is 99.1 Å². The summed E-state index contributed by atoms with van der Waals surface area (Å²) in [6.07, 6.45) is 1.84. The lowest BCUT2D eigenvalue weighted by Crippen LogP contribution is -2.28. The Kier molecular flexibility index (Phi) is 21.3. The van der Waals surface area contributed by atoms with Crippen LogP contribution in [0.3, 0.4) is 0 Å². The Labute approximate surface area is 841 Å². The lowest BCUT2D eigenvalue weighted by molar-refractivity contribution is 0.769. The van der Waals surface area contributed by atoms with Crippen LogP contribution in [0, 0.1) is 22.7 Å². The van der Waals surface area contributed by atoms with Crippen molar-refractivity contribution >= 4 is 65.0 Å². The summed E-state index contributed by atoms with van der Waals surface area (Å²) < 4.78 is 0. The number of pyridine rings is 4. The predicted octanol–water partition coefficient (Wildman–Crippen LogP) is 34.1. The standard InChI is InChI=1S/C51H32N2.C45H28N2.C43H28N2/c52-33-34-19-21-35(22-20-34)36-23-25-37(26-24-36)38-27-29-39(30-28-38)50-46-31-45-42-15-7-9-17-47(42)51(40-11-3-1-4-12-40,41-13-5-2-6-14-41)48(45)32-44(46)43-16-8-10-18-49(43)53-50;46-29-30-19-21-31(22-20-30)32-23-25-33(26-24-32)44-40-27-39-36-15-7-9-17-41(36)45(34-11-3-1-4-12-34,35-13-5-2-6-14-35)42(39)28-38(40)37-16-8-10-18-43(37)47-44;1-3-13-31(14-4-1)43(32-15-5-2-6-16-32)38-19-9-7-17-33(38)36-27-37-35(28-39(36)43)34-18-8-10-21-41(34)45-42(37)30-24-22-29(23-25-30)40-20-11-12-26-44-40/h1-32H;1-28H;1-28H. The minimum absolute atomic E-state index is 0.447. The molecule has 0 aliphatic heterocycles. The third-order valence-corrected chi connectivity index (χ3v) is 30.2. The Hall–Kier alpha value is -19.2. The molecule has 21 aromatic carbocycles. The summed E-state index contributed by atoms with van der Waals surface area (Å²) in [6.45, 7) is 0. The van der Waals surface area contributed by atoms with Gasteiger partial charge in [0.15, 0.2) is 0 Å². The van der Waals surface area contributed by atoms with Gasteiger partial charge in [0.1, 0.15) is 0 Å². The first-order valence-corrected chi connectivity index (χ1v) is 49.4.